The van der Waals surface area contributed by atoms with Crippen LogP contribution in [0.3, 0.4) is 0 Å². The molecule has 0 aliphatic carbocycles. The number of nitrogens with one attached hydrogen (secondary N) is 1. The summed E-state index contributed by atoms with van der Waals surface area (Å²) in [6, 6.07) is 4.24. The monoisotopic (exact) mass is 234 g/mol. The second kappa shape index (κ2) is 5.14. The van der Waals surface area contributed by atoms with Crippen LogP contribution in [0.5, 0.6) is 0 Å². The SMILES string of the molecule is CCC(COC)Nc1nc2ccc(C)cn2n1. The molecule has 1 N–H and O–H groups in total. The number of fused-ring (bicyclic) bond motifs is 1. The van der Waals surface area contributed by atoms with Gasteiger partial charge in [-0.15, -0.1) is 5.10 Å². The predicted molar refractivity (Wildman–Crippen MR) is 67.3 cm³/mol. The molecule has 1 atom stereocenters. The van der Waals surface area contributed by atoms with Crippen LogP contribution in [-0.2, 0) is 4.74 Å². The molecule has 1 unspecified atom stereocenters. The van der Waals surface area contributed by atoms with Gasteiger partial charge >= 0.3 is 0 Å². The van der Waals surface area contributed by atoms with E-state index in [0.717, 1.165) is 17.6 Å². The van der Waals surface area contributed by atoms with E-state index in [1.807, 2.05) is 25.3 Å². The standard InChI is InChI=1S/C12H18N4O/c1-4-10(8-17-3)13-12-14-11-6-5-9(2)7-16(11)15-12/h5-7,10H,4,8H2,1-3H3,(H,13,15). The Morgan fingerprint density at radius 1 is 1.47 bits per heavy atom. The zero-order valence-electron chi connectivity index (χ0n) is 10.5. The molecule has 2 heterocycles. The van der Waals surface area contributed by atoms with E-state index in [-0.39, 0.29) is 6.04 Å². The third-order valence-electron chi connectivity index (χ3n) is 2.67. The van der Waals surface area contributed by atoms with E-state index in [4.69, 9.17) is 4.74 Å². The second-order valence-electron chi connectivity index (χ2n) is 4.15. The summed E-state index contributed by atoms with van der Waals surface area (Å²) < 4.78 is 6.92. The highest BCUT2D eigenvalue weighted by Gasteiger charge is 2.09. The molecular formula is C12H18N4O. The smallest absolute Gasteiger partial charge is 0.243 e. The van der Waals surface area contributed by atoms with Gasteiger partial charge in [0, 0.05) is 13.3 Å². The van der Waals surface area contributed by atoms with Crippen LogP contribution in [0.1, 0.15) is 18.9 Å². The molecule has 17 heavy (non-hydrogen) atoms. The van der Waals surface area contributed by atoms with Crippen LogP contribution in [0.4, 0.5) is 5.95 Å². The van der Waals surface area contributed by atoms with Crippen LogP contribution in [-0.4, -0.2) is 34.4 Å². The van der Waals surface area contributed by atoms with Crippen molar-refractivity contribution in [2.24, 2.45) is 0 Å². The molecule has 0 saturated carbocycles. The quantitative estimate of drug-likeness (QED) is 0.858. The lowest BCUT2D eigenvalue weighted by molar-refractivity contribution is 0.184. The van der Waals surface area contributed by atoms with Gasteiger partial charge in [-0.1, -0.05) is 13.0 Å². The first-order valence-electron chi connectivity index (χ1n) is 5.81. The molecule has 0 saturated heterocycles. The predicted octanol–water partition coefficient (Wildman–Crippen LogP) is 1.87. The zero-order chi connectivity index (χ0) is 12.3. The van der Waals surface area contributed by atoms with Gasteiger partial charge in [-0.3, -0.25) is 0 Å². The van der Waals surface area contributed by atoms with E-state index < -0.39 is 0 Å². The van der Waals surface area contributed by atoms with Crippen molar-refractivity contribution >= 4 is 11.6 Å². The number of anilines is 1. The van der Waals surface area contributed by atoms with Gasteiger partial charge in [0.15, 0.2) is 5.65 Å². The van der Waals surface area contributed by atoms with E-state index in [0.29, 0.717) is 12.6 Å². The summed E-state index contributed by atoms with van der Waals surface area (Å²) in [7, 11) is 1.70. The third kappa shape index (κ3) is 2.74. The molecule has 0 aromatic carbocycles. The number of rotatable bonds is 5. The Hall–Kier alpha value is -1.62. The minimum atomic E-state index is 0.249. The van der Waals surface area contributed by atoms with Gasteiger partial charge in [-0.05, 0) is 25.0 Å². The minimum Gasteiger partial charge on any atom is -0.383 e. The fraction of sp³-hybridized carbons (Fsp3) is 0.500. The second-order valence-corrected chi connectivity index (χ2v) is 4.15. The fourth-order valence-electron chi connectivity index (χ4n) is 1.69. The van der Waals surface area contributed by atoms with Gasteiger partial charge < -0.3 is 10.1 Å². The first-order valence-corrected chi connectivity index (χ1v) is 5.81. The van der Waals surface area contributed by atoms with Crippen LogP contribution in [0.15, 0.2) is 18.3 Å². The molecule has 2 aromatic heterocycles. The van der Waals surface area contributed by atoms with Gasteiger partial charge in [0.05, 0.1) is 12.6 Å². The first-order chi connectivity index (χ1) is 8.22. The molecule has 5 heteroatoms. The van der Waals surface area contributed by atoms with Gasteiger partial charge in [0.2, 0.25) is 5.95 Å². The summed E-state index contributed by atoms with van der Waals surface area (Å²) in [4.78, 5) is 4.41. The number of aromatic nitrogens is 3. The van der Waals surface area contributed by atoms with E-state index in [2.05, 4.69) is 22.3 Å². The van der Waals surface area contributed by atoms with Crippen LogP contribution in [0.25, 0.3) is 5.65 Å². The molecule has 5 nitrogen and oxygen atoms in total. The fourth-order valence-corrected chi connectivity index (χ4v) is 1.69. The number of aryl methyl sites for hydroxylation is 1. The van der Waals surface area contributed by atoms with Crippen molar-refractivity contribution in [2.75, 3.05) is 19.0 Å². The average molecular weight is 234 g/mol. The number of pyridine rings is 1. The maximum Gasteiger partial charge on any atom is 0.243 e. The molecule has 0 radical (unpaired) electrons. The molecule has 92 valence electrons. The van der Waals surface area contributed by atoms with Crippen molar-refractivity contribution < 1.29 is 4.74 Å². The summed E-state index contributed by atoms with van der Waals surface area (Å²) in [5.41, 5.74) is 2.02. The van der Waals surface area contributed by atoms with Gasteiger partial charge in [-0.2, -0.15) is 4.98 Å². The van der Waals surface area contributed by atoms with Crippen LogP contribution in [0, 0.1) is 6.92 Å². The minimum absolute atomic E-state index is 0.249. The molecule has 2 rings (SSSR count). The Morgan fingerprint density at radius 2 is 2.29 bits per heavy atom. The van der Waals surface area contributed by atoms with E-state index in [9.17, 15) is 0 Å². The molecule has 0 fully saturated rings. The normalized spacial score (nSPS) is 12.9. The van der Waals surface area contributed by atoms with Crippen molar-refractivity contribution in [3.05, 3.63) is 23.9 Å². The van der Waals surface area contributed by atoms with Crippen LogP contribution in [0.2, 0.25) is 0 Å². The van der Waals surface area contributed by atoms with Gasteiger partial charge in [0.1, 0.15) is 0 Å². The summed E-state index contributed by atoms with van der Waals surface area (Å²) in [6.07, 6.45) is 2.94. The molecule has 0 aliphatic heterocycles. The molecule has 0 aliphatic rings. The maximum absolute atomic E-state index is 5.14. The summed E-state index contributed by atoms with van der Waals surface area (Å²) in [5.74, 6) is 0.652. The molecule has 0 bridgehead atoms. The van der Waals surface area contributed by atoms with Crippen molar-refractivity contribution in [1.82, 2.24) is 14.6 Å². The van der Waals surface area contributed by atoms with Crippen molar-refractivity contribution in [1.29, 1.82) is 0 Å². The Bertz CT molecular complexity index is 494. The van der Waals surface area contributed by atoms with E-state index in [1.165, 1.54) is 0 Å². The van der Waals surface area contributed by atoms with Gasteiger partial charge in [0.25, 0.3) is 0 Å². The summed E-state index contributed by atoms with van der Waals surface area (Å²) in [5, 5.41) is 7.65. The summed E-state index contributed by atoms with van der Waals surface area (Å²) >= 11 is 0. The number of nitrogens with zero attached hydrogens (tertiary/aromatic N) is 3. The average Bonchev–Trinajstić information content (AvgIpc) is 2.69. The first kappa shape index (κ1) is 11.9. The lowest BCUT2D eigenvalue weighted by Crippen LogP contribution is -2.24. The highest BCUT2D eigenvalue weighted by Crippen LogP contribution is 2.09. The highest BCUT2D eigenvalue weighted by molar-refractivity contribution is 5.44. The Balaban J connectivity index is 2.18. The molecular weight excluding hydrogens is 216 g/mol. The van der Waals surface area contributed by atoms with E-state index >= 15 is 0 Å². The van der Waals surface area contributed by atoms with Crippen molar-refractivity contribution in [3.8, 4) is 0 Å². The van der Waals surface area contributed by atoms with Crippen LogP contribution < -0.4 is 5.32 Å². The highest BCUT2D eigenvalue weighted by atomic mass is 16.5. The number of hydrogen-bond acceptors (Lipinski definition) is 4. The van der Waals surface area contributed by atoms with Gasteiger partial charge in [-0.25, -0.2) is 4.52 Å². The Labute approximate surface area is 101 Å². The lowest BCUT2D eigenvalue weighted by atomic mass is 10.2. The topological polar surface area (TPSA) is 51.5 Å². The number of methoxy groups -OCH3 is 1. The number of ether oxygens (including phenoxy) is 1. The lowest BCUT2D eigenvalue weighted by Gasteiger charge is -2.13. The molecule has 0 amide bonds. The zero-order valence-corrected chi connectivity index (χ0v) is 10.5. The van der Waals surface area contributed by atoms with E-state index in [1.54, 1.807) is 11.6 Å². The van der Waals surface area contributed by atoms with Crippen molar-refractivity contribution in [3.63, 3.8) is 0 Å². The number of hydrogen-bond donors (Lipinski definition) is 1. The summed E-state index contributed by atoms with van der Waals surface area (Å²) in [6.45, 7) is 4.80. The van der Waals surface area contributed by atoms with Crippen molar-refractivity contribution in [2.45, 2.75) is 26.3 Å². The van der Waals surface area contributed by atoms with Crippen LogP contribution >= 0.6 is 0 Å². The third-order valence-corrected chi connectivity index (χ3v) is 2.67. The Morgan fingerprint density at radius 3 is 3.00 bits per heavy atom. The largest absolute Gasteiger partial charge is 0.383 e. The Kier molecular flexibility index (Phi) is 3.58. The molecule has 0 spiro atoms. The molecule has 2 aromatic rings. The maximum atomic E-state index is 5.14.